The molecule has 0 aromatic carbocycles. The van der Waals surface area contributed by atoms with Crippen molar-refractivity contribution in [2.45, 2.75) is 18.6 Å². The number of piperidine rings is 1. The van der Waals surface area contributed by atoms with Gasteiger partial charge in [0, 0.05) is 18.1 Å². The maximum absolute atomic E-state index is 14.9. The Kier molecular flexibility index (Phi) is 4.49. The average Bonchev–Trinajstić information content (AvgIpc) is 3.18. The monoisotopic (exact) mass is 380 g/mol. The molecule has 9 nitrogen and oxygen atoms in total. The van der Waals surface area contributed by atoms with E-state index in [1.165, 1.54) is 0 Å². The van der Waals surface area contributed by atoms with Crippen LogP contribution in [-0.4, -0.2) is 56.6 Å². The summed E-state index contributed by atoms with van der Waals surface area (Å²) in [7, 11) is 0. The first-order valence-corrected chi connectivity index (χ1v) is 8.66. The van der Waals surface area contributed by atoms with Gasteiger partial charge >= 0.3 is 0 Å². The summed E-state index contributed by atoms with van der Waals surface area (Å²) in [5, 5.41) is 19.5. The number of anilines is 2. The highest BCUT2D eigenvalue weighted by molar-refractivity contribution is 6.04. The topological polar surface area (TPSA) is 126 Å². The fourth-order valence-electron chi connectivity index (χ4n) is 3.27. The molecule has 1 aliphatic rings. The lowest BCUT2D eigenvalue weighted by Crippen LogP contribution is -2.48. The number of fused-ring (bicyclic) bond motifs is 1. The van der Waals surface area contributed by atoms with Crippen molar-refractivity contribution in [3.63, 3.8) is 0 Å². The van der Waals surface area contributed by atoms with E-state index in [0.29, 0.717) is 41.2 Å². The van der Waals surface area contributed by atoms with Crippen LogP contribution >= 0.6 is 0 Å². The molecule has 4 rings (SSSR count). The summed E-state index contributed by atoms with van der Waals surface area (Å²) >= 11 is 0. The number of carbonyl (C=O) groups excluding carboxylic acids is 1. The SMILES string of the molecule is C#Cc1ccc(N2CC[C@@H](Nc3c(C(N)=O)nnc4[nH]ccc34)[C@@H](F)C2)nn1. The fourth-order valence-corrected chi connectivity index (χ4v) is 3.27. The Bertz CT molecular complexity index is 1060. The molecule has 4 N–H and O–H groups in total. The zero-order valence-corrected chi connectivity index (χ0v) is 14.8. The van der Waals surface area contributed by atoms with Crippen molar-refractivity contribution < 1.29 is 9.18 Å². The Morgan fingerprint density at radius 1 is 1.32 bits per heavy atom. The van der Waals surface area contributed by atoms with Gasteiger partial charge < -0.3 is 20.9 Å². The van der Waals surface area contributed by atoms with Gasteiger partial charge in [0.1, 0.15) is 11.9 Å². The Hall–Kier alpha value is -3.74. The van der Waals surface area contributed by atoms with E-state index < -0.39 is 18.1 Å². The molecule has 2 atom stereocenters. The molecule has 28 heavy (non-hydrogen) atoms. The number of nitrogens with one attached hydrogen (secondary N) is 2. The summed E-state index contributed by atoms with van der Waals surface area (Å²) in [5.41, 5.74) is 6.70. The minimum atomic E-state index is -1.22. The summed E-state index contributed by atoms with van der Waals surface area (Å²) in [6.45, 7) is 0.686. The standard InChI is InChI=1S/C18H17FN8O/c1-2-10-3-4-14(24-23-10)27-8-6-13(12(19)9-27)22-15-11-5-7-21-18(11)26-25-16(15)17(20)28/h1,3-5,7,12-13H,6,8-9H2,(H2,20,28)(H2,21,22,26)/t12-,13+/m0/s1. The molecule has 1 aliphatic heterocycles. The van der Waals surface area contributed by atoms with Gasteiger partial charge in [-0.3, -0.25) is 4.79 Å². The second-order valence-corrected chi connectivity index (χ2v) is 6.45. The van der Waals surface area contributed by atoms with Crippen molar-refractivity contribution >= 4 is 28.4 Å². The number of alkyl halides is 1. The summed E-state index contributed by atoms with van der Waals surface area (Å²) in [4.78, 5) is 16.5. The molecule has 0 saturated carbocycles. The lowest BCUT2D eigenvalue weighted by atomic mass is 10.0. The smallest absolute Gasteiger partial charge is 0.271 e. The van der Waals surface area contributed by atoms with Gasteiger partial charge in [0.25, 0.3) is 5.91 Å². The Morgan fingerprint density at radius 2 is 2.18 bits per heavy atom. The first kappa shape index (κ1) is 17.7. The second kappa shape index (κ2) is 7.11. The van der Waals surface area contributed by atoms with Gasteiger partial charge in [-0.1, -0.05) is 0 Å². The normalized spacial score (nSPS) is 19.4. The van der Waals surface area contributed by atoms with Crippen LogP contribution in [0.4, 0.5) is 15.9 Å². The van der Waals surface area contributed by atoms with Crippen molar-refractivity contribution in [2.75, 3.05) is 23.3 Å². The molecule has 1 amide bonds. The van der Waals surface area contributed by atoms with E-state index in [9.17, 15) is 9.18 Å². The second-order valence-electron chi connectivity index (χ2n) is 6.45. The van der Waals surface area contributed by atoms with E-state index >= 15 is 0 Å². The van der Waals surface area contributed by atoms with Crippen LogP contribution in [0.1, 0.15) is 22.6 Å². The predicted octanol–water partition coefficient (Wildman–Crippen LogP) is 0.857. The number of hydrogen-bond donors (Lipinski definition) is 3. The van der Waals surface area contributed by atoms with Crippen molar-refractivity contribution in [1.82, 2.24) is 25.4 Å². The van der Waals surface area contributed by atoms with Crippen LogP contribution in [-0.2, 0) is 0 Å². The van der Waals surface area contributed by atoms with E-state index in [1.54, 1.807) is 24.4 Å². The maximum atomic E-state index is 14.9. The van der Waals surface area contributed by atoms with Crippen LogP contribution in [0.15, 0.2) is 24.4 Å². The Morgan fingerprint density at radius 3 is 2.86 bits per heavy atom. The third kappa shape index (κ3) is 3.18. The van der Waals surface area contributed by atoms with Crippen LogP contribution in [0.2, 0.25) is 0 Å². The molecular weight excluding hydrogens is 363 g/mol. The highest BCUT2D eigenvalue weighted by Crippen LogP contribution is 2.28. The number of rotatable bonds is 4. The average molecular weight is 380 g/mol. The number of nitrogens with two attached hydrogens (primary N) is 1. The van der Waals surface area contributed by atoms with Crippen LogP contribution in [0.25, 0.3) is 11.0 Å². The zero-order valence-electron chi connectivity index (χ0n) is 14.8. The number of primary amides is 1. The minimum Gasteiger partial charge on any atom is -0.377 e. The van der Waals surface area contributed by atoms with E-state index in [-0.39, 0.29) is 12.2 Å². The number of nitrogens with zero attached hydrogens (tertiary/aromatic N) is 5. The van der Waals surface area contributed by atoms with Crippen LogP contribution in [0, 0.1) is 12.3 Å². The van der Waals surface area contributed by atoms with Gasteiger partial charge in [0.15, 0.2) is 17.2 Å². The molecule has 142 valence electrons. The lowest BCUT2D eigenvalue weighted by molar-refractivity contribution is 0.0995. The molecule has 1 fully saturated rings. The number of carbonyl (C=O) groups is 1. The Balaban J connectivity index is 1.54. The Labute approximate surface area is 159 Å². The van der Waals surface area contributed by atoms with Crippen molar-refractivity contribution in [2.24, 2.45) is 5.73 Å². The largest absolute Gasteiger partial charge is 0.377 e. The third-order valence-corrected chi connectivity index (χ3v) is 4.71. The zero-order chi connectivity index (χ0) is 19.7. The van der Waals surface area contributed by atoms with Crippen molar-refractivity contribution in [1.29, 1.82) is 0 Å². The first-order valence-electron chi connectivity index (χ1n) is 8.66. The summed E-state index contributed by atoms with van der Waals surface area (Å²) in [5.74, 6) is 2.24. The molecule has 0 bridgehead atoms. The van der Waals surface area contributed by atoms with Gasteiger partial charge in [-0.25, -0.2) is 4.39 Å². The number of amides is 1. The number of H-pyrrole nitrogens is 1. The maximum Gasteiger partial charge on any atom is 0.271 e. The van der Waals surface area contributed by atoms with Crippen LogP contribution in [0.3, 0.4) is 0 Å². The fraction of sp³-hybridized carbons (Fsp3) is 0.278. The third-order valence-electron chi connectivity index (χ3n) is 4.71. The number of halogens is 1. The summed E-state index contributed by atoms with van der Waals surface area (Å²) in [6.07, 6.45) is 6.21. The van der Waals surface area contributed by atoms with E-state index in [0.717, 1.165) is 0 Å². The number of terminal acetylenes is 1. The van der Waals surface area contributed by atoms with Gasteiger partial charge in [-0.2, -0.15) is 0 Å². The predicted molar refractivity (Wildman–Crippen MR) is 102 cm³/mol. The highest BCUT2D eigenvalue weighted by Gasteiger charge is 2.31. The van der Waals surface area contributed by atoms with Crippen LogP contribution in [0.5, 0.6) is 0 Å². The summed E-state index contributed by atoms with van der Waals surface area (Å²) in [6, 6.07) is 4.62. The van der Waals surface area contributed by atoms with E-state index in [2.05, 4.69) is 36.6 Å². The van der Waals surface area contributed by atoms with E-state index in [4.69, 9.17) is 12.2 Å². The molecule has 4 heterocycles. The highest BCUT2D eigenvalue weighted by atomic mass is 19.1. The molecule has 10 heteroatoms. The molecule has 3 aromatic heterocycles. The van der Waals surface area contributed by atoms with Crippen molar-refractivity contribution in [3.8, 4) is 12.3 Å². The van der Waals surface area contributed by atoms with Gasteiger partial charge in [0.05, 0.1) is 18.3 Å². The quantitative estimate of drug-likeness (QED) is 0.573. The molecule has 3 aromatic rings. The molecule has 0 aliphatic carbocycles. The molecule has 0 unspecified atom stereocenters. The number of hydrogen-bond acceptors (Lipinski definition) is 7. The molecule has 1 saturated heterocycles. The van der Waals surface area contributed by atoms with E-state index in [1.807, 2.05) is 4.90 Å². The van der Waals surface area contributed by atoms with Gasteiger partial charge in [-0.15, -0.1) is 26.8 Å². The lowest BCUT2D eigenvalue weighted by Gasteiger charge is -2.36. The van der Waals surface area contributed by atoms with Gasteiger partial charge in [-0.05, 0) is 30.5 Å². The van der Waals surface area contributed by atoms with Gasteiger partial charge in [0.2, 0.25) is 0 Å². The molecule has 0 radical (unpaired) electrons. The summed E-state index contributed by atoms with van der Waals surface area (Å²) < 4.78 is 14.9. The molecular formula is C18H17FN8O. The minimum absolute atomic E-state index is 0.0162. The number of aromatic nitrogens is 5. The molecule has 0 spiro atoms. The van der Waals surface area contributed by atoms with Crippen LogP contribution < -0.4 is 16.0 Å². The van der Waals surface area contributed by atoms with Crippen molar-refractivity contribution in [3.05, 3.63) is 35.8 Å². The number of aromatic amines is 1. The first-order chi connectivity index (χ1) is 13.6.